The Morgan fingerprint density at radius 3 is 2.74 bits per heavy atom. The fourth-order valence-corrected chi connectivity index (χ4v) is 3.87. The number of aliphatic imine (C=N–C) groups is 1. The van der Waals surface area contributed by atoms with Gasteiger partial charge in [0, 0.05) is 30.9 Å². The van der Waals surface area contributed by atoms with Crippen molar-refractivity contribution < 1.29 is 13.2 Å². The van der Waals surface area contributed by atoms with E-state index in [0.29, 0.717) is 30.0 Å². The molecule has 0 bridgehead atoms. The number of nitrogens with zero attached hydrogens (tertiary/aromatic N) is 3. The summed E-state index contributed by atoms with van der Waals surface area (Å²) in [5.41, 5.74) is -0.810. The first-order valence-corrected chi connectivity index (χ1v) is 10.1. The lowest BCUT2D eigenvalue weighted by molar-refractivity contribution is -0.140. The Morgan fingerprint density at radius 1 is 1.33 bits per heavy atom. The average molecular weight is 519 g/mol. The number of likely N-dealkylation sites (tertiary alicyclic amines) is 1. The summed E-state index contributed by atoms with van der Waals surface area (Å²) >= 11 is 1.04. The fraction of sp³-hybridized carbons (Fsp3) is 0.765. The maximum Gasteiger partial charge on any atom is 0.434 e. The lowest BCUT2D eigenvalue weighted by Gasteiger charge is -2.33. The van der Waals surface area contributed by atoms with Crippen molar-refractivity contribution in [2.24, 2.45) is 4.99 Å². The number of thiazole rings is 1. The van der Waals surface area contributed by atoms with Crippen LogP contribution in [-0.4, -0.2) is 54.6 Å². The Morgan fingerprint density at radius 2 is 2.11 bits per heavy atom. The smallest absolute Gasteiger partial charge is 0.357 e. The summed E-state index contributed by atoms with van der Waals surface area (Å²) in [7, 11) is 0. The third kappa shape index (κ3) is 8.10. The fourth-order valence-electron chi connectivity index (χ4n) is 3.07. The van der Waals surface area contributed by atoms with Crippen molar-refractivity contribution in [3.05, 3.63) is 16.1 Å². The van der Waals surface area contributed by atoms with Gasteiger partial charge in [-0.25, -0.2) is 4.98 Å². The number of rotatable bonds is 7. The molecule has 2 N–H and O–H groups in total. The molecule has 1 atom stereocenters. The maximum absolute atomic E-state index is 12.6. The Hall–Kier alpha value is -0.620. The van der Waals surface area contributed by atoms with Gasteiger partial charge in [0.15, 0.2) is 11.7 Å². The van der Waals surface area contributed by atoms with E-state index in [4.69, 9.17) is 0 Å². The van der Waals surface area contributed by atoms with Gasteiger partial charge in [-0.15, -0.1) is 35.3 Å². The number of nitrogens with one attached hydrogen (secondary N) is 2. The van der Waals surface area contributed by atoms with Crippen molar-refractivity contribution in [1.29, 1.82) is 0 Å². The number of aromatic nitrogens is 1. The second-order valence-electron chi connectivity index (χ2n) is 6.30. The van der Waals surface area contributed by atoms with Gasteiger partial charge < -0.3 is 10.6 Å². The zero-order valence-corrected chi connectivity index (χ0v) is 19.0. The Balaban J connectivity index is 0.00000364. The van der Waals surface area contributed by atoms with Crippen LogP contribution in [0.4, 0.5) is 13.2 Å². The highest BCUT2D eigenvalue weighted by molar-refractivity contribution is 14.0. The third-order valence-corrected chi connectivity index (χ3v) is 5.34. The molecular formula is C17H29F3IN5S. The first-order valence-electron chi connectivity index (χ1n) is 9.21. The van der Waals surface area contributed by atoms with E-state index in [-0.39, 0.29) is 24.0 Å². The minimum absolute atomic E-state index is 0. The third-order valence-electron chi connectivity index (χ3n) is 4.43. The van der Waals surface area contributed by atoms with Gasteiger partial charge in [0.2, 0.25) is 0 Å². The number of alkyl halides is 3. The van der Waals surface area contributed by atoms with Gasteiger partial charge in [-0.05, 0) is 32.9 Å². The Labute approximate surface area is 180 Å². The van der Waals surface area contributed by atoms with Gasteiger partial charge in [-0.2, -0.15) is 13.2 Å². The number of guanidine groups is 1. The highest BCUT2D eigenvalue weighted by Gasteiger charge is 2.33. The molecule has 0 radical (unpaired) electrons. The molecule has 0 saturated carbocycles. The van der Waals surface area contributed by atoms with Gasteiger partial charge in [0.05, 0.1) is 11.6 Å². The molecule has 1 unspecified atom stereocenters. The quantitative estimate of drug-likeness (QED) is 0.328. The normalized spacial score (nSPS) is 18.9. The molecule has 5 nitrogen and oxygen atoms in total. The number of piperidine rings is 1. The molecule has 156 valence electrons. The Kier molecular flexibility index (Phi) is 10.9. The molecule has 1 saturated heterocycles. The number of likely N-dealkylation sites (N-methyl/N-ethyl adjacent to an activating group) is 1. The van der Waals surface area contributed by atoms with Crippen LogP contribution in [0.1, 0.15) is 43.8 Å². The standard InChI is InChI=1S/C17H28F3N5S.HI/c1-3-21-16(23-11-13-7-5-6-10-25(13)4-2)22-9-8-15-24-14(12-26-15)17(18,19)20;/h12-13H,3-11H2,1-2H3,(H2,21,22,23);1H. The van der Waals surface area contributed by atoms with Gasteiger partial charge in [0.1, 0.15) is 0 Å². The van der Waals surface area contributed by atoms with E-state index >= 15 is 0 Å². The minimum Gasteiger partial charge on any atom is -0.357 e. The second kappa shape index (κ2) is 12.1. The van der Waals surface area contributed by atoms with Crippen LogP contribution in [0.15, 0.2) is 10.4 Å². The van der Waals surface area contributed by atoms with Crippen LogP contribution in [0.25, 0.3) is 0 Å². The van der Waals surface area contributed by atoms with Crippen molar-refractivity contribution in [3.8, 4) is 0 Å². The molecule has 1 aromatic rings. The second-order valence-corrected chi connectivity index (χ2v) is 7.24. The van der Waals surface area contributed by atoms with E-state index in [1.807, 2.05) is 6.92 Å². The molecule has 1 aliphatic rings. The summed E-state index contributed by atoms with van der Waals surface area (Å²) in [5.74, 6) is 0.710. The van der Waals surface area contributed by atoms with Crippen LogP contribution in [0.3, 0.4) is 0 Å². The highest BCUT2D eigenvalue weighted by atomic mass is 127. The molecule has 1 aliphatic heterocycles. The van der Waals surface area contributed by atoms with Crippen molar-refractivity contribution in [3.63, 3.8) is 0 Å². The van der Waals surface area contributed by atoms with E-state index in [9.17, 15) is 13.2 Å². The van der Waals surface area contributed by atoms with E-state index in [0.717, 1.165) is 49.3 Å². The van der Waals surface area contributed by atoms with E-state index in [1.165, 1.54) is 12.8 Å². The van der Waals surface area contributed by atoms with Gasteiger partial charge >= 0.3 is 6.18 Å². The highest BCUT2D eigenvalue weighted by Crippen LogP contribution is 2.30. The molecule has 0 amide bonds. The minimum atomic E-state index is -4.37. The predicted molar refractivity (Wildman–Crippen MR) is 115 cm³/mol. The molecule has 0 aromatic carbocycles. The van der Waals surface area contributed by atoms with E-state index in [2.05, 4.69) is 32.4 Å². The van der Waals surface area contributed by atoms with E-state index < -0.39 is 11.9 Å². The predicted octanol–water partition coefficient (Wildman–Crippen LogP) is 3.75. The van der Waals surface area contributed by atoms with Crippen LogP contribution >= 0.6 is 35.3 Å². The largest absolute Gasteiger partial charge is 0.434 e. The van der Waals surface area contributed by atoms with Crippen molar-refractivity contribution in [2.45, 2.75) is 51.7 Å². The van der Waals surface area contributed by atoms with Crippen LogP contribution < -0.4 is 10.6 Å². The molecular weight excluding hydrogens is 490 g/mol. The summed E-state index contributed by atoms with van der Waals surface area (Å²) in [6, 6.07) is 0.470. The van der Waals surface area contributed by atoms with Gasteiger partial charge in [-0.1, -0.05) is 13.3 Å². The monoisotopic (exact) mass is 519 g/mol. The number of hydrogen-bond acceptors (Lipinski definition) is 4. The number of halogens is 4. The Bertz CT molecular complexity index is 579. The molecule has 0 spiro atoms. The molecule has 2 heterocycles. The lowest BCUT2D eigenvalue weighted by atomic mass is 10.0. The van der Waals surface area contributed by atoms with Crippen molar-refractivity contribution in [2.75, 3.05) is 32.7 Å². The molecule has 1 fully saturated rings. The summed E-state index contributed by atoms with van der Waals surface area (Å²) in [6.45, 7) is 8.31. The average Bonchev–Trinajstić information content (AvgIpc) is 3.09. The number of hydrogen-bond donors (Lipinski definition) is 2. The molecule has 2 rings (SSSR count). The maximum atomic E-state index is 12.6. The van der Waals surface area contributed by atoms with Crippen LogP contribution in [0, 0.1) is 0 Å². The first-order chi connectivity index (χ1) is 12.4. The molecule has 10 heteroatoms. The first kappa shape index (κ1) is 24.4. The SMILES string of the molecule is CCNC(=NCC1CCCCN1CC)NCCc1nc(C(F)(F)F)cs1.I. The van der Waals surface area contributed by atoms with Crippen LogP contribution in [0.5, 0.6) is 0 Å². The topological polar surface area (TPSA) is 52.6 Å². The lowest BCUT2D eigenvalue weighted by Crippen LogP contribution is -2.43. The summed E-state index contributed by atoms with van der Waals surface area (Å²) in [6.07, 6.45) is -0.276. The summed E-state index contributed by atoms with van der Waals surface area (Å²) in [5, 5.41) is 7.93. The van der Waals surface area contributed by atoms with Crippen LogP contribution in [-0.2, 0) is 12.6 Å². The zero-order valence-electron chi connectivity index (χ0n) is 15.8. The van der Waals surface area contributed by atoms with Gasteiger partial charge in [0.25, 0.3) is 0 Å². The van der Waals surface area contributed by atoms with Crippen LogP contribution in [0.2, 0.25) is 0 Å². The summed E-state index contributed by atoms with van der Waals surface area (Å²) in [4.78, 5) is 10.8. The summed E-state index contributed by atoms with van der Waals surface area (Å²) < 4.78 is 37.8. The molecule has 27 heavy (non-hydrogen) atoms. The van der Waals surface area contributed by atoms with Crippen molar-refractivity contribution >= 4 is 41.3 Å². The van der Waals surface area contributed by atoms with E-state index in [1.54, 1.807) is 0 Å². The van der Waals surface area contributed by atoms with Gasteiger partial charge in [-0.3, -0.25) is 9.89 Å². The van der Waals surface area contributed by atoms with Crippen molar-refractivity contribution in [1.82, 2.24) is 20.5 Å². The molecule has 0 aliphatic carbocycles. The molecule has 1 aromatic heterocycles. The zero-order chi connectivity index (χ0) is 19.0.